The van der Waals surface area contributed by atoms with Gasteiger partial charge in [0, 0.05) is 0 Å². The van der Waals surface area contributed by atoms with Gasteiger partial charge in [-0.25, -0.2) is 0 Å². The molecule has 11 heteroatoms. The number of hydrogen-bond donors (Lipinski definition) is 8. The summed E-state index contributed by atoms with van der Waals surface area (Å²) < 4.78 is 11.1. The lowest BCUT2D eigenvalue weighted by molar-refractivity contribution is -0.303. The molecule has 1 amide bonds. The van der Waals surface area contributed by atoms with E-state index in [2.05, 4.69) is 19.2 Å². The molecule has 0 bridgehead atoms. The molecule has 1 fully saturated rings. The number of hydrogen-bond acceptors (Lipinski definition) is 10. The molecule has 64 heavy (non-hydrogen) atoms. The topological polar surface area (TPSA) is 189 Å². The second-order valence-corrected chi connectivity index (χ2v) is 19.7. The quantitative estimate of drug-likeness (QED) is 0.0273. The summed E-state index contributed by atoms with van der Waals surface area (Å²) in [5.41, 5.74) is 0. The standard InChI is InChI=1S/C53H105NO10/c1-3-5-7-9-11-13-15-16-17-18-19-20-21-22-23-24-25-26-27-28-29-30-31-33-34-36-38-40-45(56)48(58)44(43-63-53-51(61)50(60)49(59)47(42-55)64-53)54-52(62)46(57)41-39-37-35-32-14-12-10-8-6-4-2/h44-51,53,55-61H,3-43H2,1-2H3,(H,54,62). The van der Waals surface area contributed by atoms with E-state index >= 15 is 0 Å². The fraction of sp³-hybridized carbons (Fsp3) is 0.981. The molecule has 0 aromatic heterocycles. The van der Waals surface area contributed by atoms with E-state index in [4.69, 9.17) is 9.47 Å². The van der Waals surface area contributed by atoms with Crippen LogP contribution in [0.15, 0.2) is 0 Å². The van der Waals surface area contributed by atoms with Gasteiger partial charge in [0.1, 0.15) is 36.6 Å². The maximum Gasteiger partial charge on any atom is 0.249 e. The van der Waals surface area contributed by atoms with Crippen LogP contribution in [0.4, 0.5) is 0 Å². The van der Waals surface area contributed by atoms with E-state index in [1.54, 1.807) is 0 Å². The van der Waals surface area contributed by atoms with E-state index in [-0.39, 0.29) is 6.42 Å². The van der Waals surface area contributed by atoms with E-state index in [9.17, 15) is 40.5 Å². The van der Waals surface area contributed by atoms with Crippen LogP contribution in [0.25, 0.3) is 0 Å². The highest BCUT2D eigenvalue weighted by molar-refractivity contribution is 5.80. The van der Waals surface area contributed by atoms with Crippen LogP contribution in [0.5, 0.6) is 0 Å². The minimum absolute atomic E-state index is 0.265. The Kier molecular flexibility index (Phi) is 41.4. The maximum atomic E-state index is 13.1. The number of ether oxygens (including phenoxy) is 2. The summed E-state index contributed by atoms with van der Waals surface area (Å²) in [5.74, 6) is -0.694. The molecule has 0 aliphatic carbocycles. The normalized spacial score (nSPS) is 20.9. The lowest BCUT2D eigenvalue weighted by Gasteiger charge is -2.40. The van der Waals surface area contributed by atoms with Crippen LogP contribution in [0, 0.1) is 0 Å². The first-order chi connectivity index (χ1) is 31.2. The Morgan fingerprint density at radius 1 is 0.484 bits per heavy atom. The minimum atomic E-state index is -1.66. The van der Waals surface area contributed by atoms with Gasteiger partial charge in [-0.2, -0.15) is 0 Å². The smallest absolute Gasteiger partial charge is 0.249 e. The van der Waals surface area contributed by atoms with Gasteiger partial charge >= 0.3 is 0 Å². The molecule has 0 aromatic carbocycles. The van der Waals surface area contributed by atoms with Crippen molar-refractivity contribution in [1.29, 1.82) is 0 Å². The number of unbranched alkanes of at least 4 members (excludes halogenated alkanes) is 35. The lowest BCUT2D eigenvalue weighted by atomic mass is 9.98. The molecule has 382 valence electrons. The Morgan fingerprint density at radius 3 is 1.16 bits per heavy atom. The molecule has 1 heterocycles. The first-order valence-electron chi connectivity index (χ1n) is 27.4. The molecule has 11 nitrogen and oxygen atoms in total. The van der Waals surface area contributed by atoms with Crippen molar-refractivity contribution in [2.45, 2.75) is 319 Å². The van der Waals surface area contributed by atoms with Gasteiger partial charge in [-0.05, 0) is 12.8 Å². The second-order valence-electron chi connectivity index (χ2n) is 19.7. The Balaban J connectivity index is 2.24. The SMILES string of the molecule is CCCCCCCCCCCCCCCCCCCCCCCCCCCCCC(O)C(O)C(COC1OC(CO)C(O)C(O)C1O)NC(=O)C(O)CCCCCCCCCCCC. The van der Waals surface area contributed by atoms with Crippen molar-refractivity contribution in [3.05, 3.63) is 0 Å². The highest BCUT2D eigenvalue weighted by atomic mass is 16.7. The van der Waals surface area contributed by atoms with Gasteiger partial charge in [-0.1, -0.05) is 251 Å². The molecule has 0 spiro atoms. The lowest BCUT2D eigenvalue weighted by Crippen LogP contribution is -2.60. The number of aliphatic hydroxyl groups is 7. The number of nitrogens with one attached hydrogen (secondary N) is 1. The van der Waals surface area contributed by atoms with Gasteiger partial charge in [0.05, 0.1) is 25.4 Å². The van der Waals surface area contributed by atoms with Crippen LogP contribution in [0.1, 0.15) is 264 Å². The van der Waals surface area contributed by atoms with Crippen molar-refractivity contribution in [2.24, 2.45) is 0 Å². The second kappa shape index (κ2) is 43.4. The van der Waals surface area contributed by atoms with Crippen molar-refractivity contribution >= 4 is 5.91 Å². The van der Waals surface area contributed by atoms with Crippen molar-refractivity contribution in [3.63, 3.8) is 0 Å². The summed E-state index contributed by atoms with van der Waals surface area (Å²) in [6.45, 7) is 3.45. The van der Waals surface area contributed by atoms with Gasteiger partial charge < -0.3 is 50.5 Å². The molecule has 0 aromatic rings. The van der Waals surface area contributed by atoms with Crippen LogP contribution < -0.4 is 5.32 Å². The molecule has 9 atom stereocenters. The Morgan fingerprint density at radius 2 is 0.812 bits per heavy atom. The minimum Gasteiger partial charge on any atom is -0.394 e. The zero-order valence-electron chi connectivity index (χ0n) is 41.5. The molecule has 9 unspecified atom stereocenters. The molecule has 1 rings (SSSR count). The fourth-order valence-electron chi connectivity index (χ4n) is 9.15. The highest BCUT2D eigenvalue weighted by Crippen LogP contribution is 2.23. The summed E-state index contributed by atoms with van der Waals surface area (Å²) >= 11 is 0. The van der Waals surface area contributed by atoms with Crippen molar-refractivity contribution in [1.82, 2.24) is 5.32 Å². The summed E-state index contributed by atoms with van der Waals surface area (Å²) in [6, 6.07) is -1.16. The summed E-state index contributed by atoms with van der Waals surface area (Å²) in [4.78, 5) is 13.1. The molecule has 0 saturated carbocycles. The van der Waals surface area contributed by atoms with Gasteiger partial charge in [-0.3, -0.25) is 4.79 Å². The molecular formula is C53H105NO10. The largest absolute Gasteiger partial charge is 0.394 e. The van der Waals surface area contributed by atoms with E-state index < -0.39 is 74.2 Å². The zero-order valence-corrected chi connectivity index (χ0v) is 41.5. The average Bonchev–Trinajstić information content (AvgIpc) is 3.29. The van der Waals surface area contributed by atoms with Gasteiger partial charge in [0.15, 0.2) is 6.29 Å². The fourth-order valence-corrected chi connectivity index (χ4v) is 9.15. The highest BCUT2D eigenvalue weighted by Gasteiger charge is 2.44. The summed E-state index contributed by atoms with van der Waals surface area (Å²) in [5, 5.41) is 75.8. The molecule has 0 radical (unpaired) electrons. The average molecular weight is 916 g/mol. The van der Waals surface area contributed by atoms with Crippen molar-refractivity contribution in [3.8, 4) is 0 Å². The number of carbonyl (C=O) groups excluding carboxylic acids is 1. The maximum absolute atomic E-state index is 13.1. The molecule has 1 aliphatic rings. The number of amides is 1. The van der Waals surface area contributed by atoms with Gasteiger partial charge in [0.25, 0.3) is 0 Å². The number of aliphatic hydroxyl groups excluding tert-OH is 7. The Hall–Kier alpha value is -0.890. The van der Waals surface area contributed by atoms with Crippen LogP contribution in [-0.4, -0.2) is 110 Å². The van der Waals surface area contributed by atoms with Crippen LogP contribution in [0.3, 0.4) is 0 Å². The molecule has 1 aliphatic heterocycles. The molecular weight excluding hydrogens is 811 g/mol. The van der Waals surface area contributed by atoms with Gasteiger partial charge in [0.2, 0.25) is 5.91 Å². The Labute approximate surface area is 392 Å². The summed E-state index contributed by atoms with van der Waals surface area (Å²) in [7, 11) is 0. The van der Waals surface area contributed by atoms with E-state index in [1.807, 2.05) is 0 Å². The monoisotopic (exact) mass is 916 g/mol. The zero-order chi connectivity index (χ0) is 46.9. The third kappa shape index (κ3) is 32.0. The Bertz CT molecular complexity index is 1010. The van der Waals surface area contributed by atoms with Crippen molar-refractivity contribution < 1.29 is 50.0 Å². The van der Waals surface area contributed by atoms with Crippen LogP contribution in [-0.2, 0) is 14.3 Å². The third-order valence-corrected chi connectivity index (χ3v) is 13.7. The van der Waals surface area contributed by atoms with Crippen molar-refractivity contribution in [2.75, 3.05) is 13.2 Å². The van der Waals surface area contributed by atoms with Crippen LogP contribution >= 0.6 is 0 Å². The predicted octanol–water partition coefficient (Wildman–Crippen LogP) is 10.6. The molecule has 8 N–H and O–H groups in total. The van der Waals surface area contributed by atoms with E-state index in [0.717, 1.165) is 38.5 Å². The first-order valence-corrected chi connectivity index (χ1v) is 27.4. The number of rotatable bonds is 47. The summed E-state index contributed by atoms with van der Waals surface area (Å²) in [6.07, 6.45) is 36.1. The van der Waals surface area contributed by atoms with Crippen LogP contribution in [0.2, 0.25) is 0 Å². The first kappa shape index (κ1) is 61.1. The number of carbonyl (C=O) groups is 1. The predicted molar refractivity (Wildman–Crippen MR) is 261 cm³/mol. The van der Waals surface area contributed by atoms with Gasteiger partial charge in [-0.15, -0.1) is 0 Å². The van der Waals surface area contributed by atoms with E-state index in [0.29, 0.717) is 19.3 Å². The van der Waals surface area contributed by atoms with E-state index in [1.165, 1.54) is 186 Å². The third-order valence-electron chi connectivity index (χ3n) is 13.7. The molecule has 1 saturated heterocycles.